The van der Waals surface area contributed by atoms with E-state index in [-0.39, 0.29) is 4.90 Å². The summed E-state index contributed by atoms with van der Waals surface area (Å²) in [6.45, 7) is 4.59. The first kappa shape index (κ1) is 15.0. The van der Waals surface area contributed by atoms with E-state index < -0.39 is 10.0 Å². The number of benzene rings is 1. The summed E-state index contributed by atoms with van der Waals surface area (Å²) in [4.78, 5) is 0.258. The number of hydrogen-bond acceptors (Lipinski definition) is 4. The maximum absolute atomic E-state index is 12.2. The first-order chi connectivity index (χ1) is 9.53. The van der Waals surface area contributed by atoms with Crippen LogP contribution in [0.2, 0.25) is 0 Å². The van der Waals surface area contributed by atoms with E-state index in [1.165, 1.54) is 0 Å². The van der Waals surface area contributed by atoms with Crippen LogP contribution in [-0.4, -0.2) is 15.0 Å². The van der Waals surface area contributed by atoms with Gasteiger partial charge in [0.2, 0.25) is 10.0 Å². The lowest BCUT2D eigenvalue weighted by Gasteiger charge is -2.10. The molecule has 0 unspecified atom stereocenters. The highest BCUT2D eigenvalue weighted by atomic mass is 32.2. The molecule has 0 amide bonds. The summed E-state index contributed by atoms with van der Waals surface area (Å²) in [5.74, 6) is 0.712. The van der Waals surface area contributed by atoms with Gasteiger partial charge >= 0.3 is 0 Å². The minimum Gasteiger partial charge on any atom is -0.494 e. The van der Waals surface area contributed by atoms with Crippen molar-refractivity contribution in [3.05, 3.63) is 46.2 Å². The lowest BCUT2D eigenvalue weighted by Crippen LogP contribution is -2.23. The summed E-state index contributed by atoms with van der Waals surface area (Å²) < 4.78 is 32.4. The van der Waals surface area contributed by atoms with Gasteiger partial charge in [-0.15, -0.1) is 0 Å². The first-order valence-electron chi connectivity index (χ1n) is 6.27. The standard InChI is InChI=1S/C14H17NO3S2/c1-3-18-14-5-4-13(8-11(14)2)20(16,17)15-9-12-6-7-19-10-12/h4-8,10,15H,3,9H2,1-2H3. The smallest absolute Gasteiger partial charge is 0.240 e. The monoisotopic (exact) mass is 311 g/mol. The molecule has 0 bridgehead atoms. The Bertz CT molecular complexity index is 664. The van der Waals surface area contributed by atoms with Crippen LogP contribution in [0.3, 0.4) is 0 Å². The first-order valence-corrected chi connectivity index (χ1v) is 8.69. The number of aryl methyl sites for hydroxylation is 1. The van der Waals surface area contributed by atoms with Gasteiger partial charge in [-0.1, -0.05) is 0 Å². The number of ether oxygens (including phenoxy) is 1. The summed E-state index contributed by atoms with van der Waals surface area (Å²) in [7, 11) is -3.49. The average molecular weight is 311 g/mol. The van der Waals surface area contributed by atoms with E-state index in [9.17, 15) is 8.42 Å². The molecule has 6 heteroatoms. The molecule has 20 heavy (non-hydrogen) atoms. The average Bonchev–Trinajstić information content (AvgIpc) is 2.92. The number of thiophene rings is 1. The normalized spacial score (nSPS) is 11.5. The Morgan fingerprint density at radius 1 is 1.30 bits per heavy atom. The fourth-order valence-corrected chi connectivity index (χ4v) is 3.53. The molecule has 1 heterocycles. The predicted octanol–water partition coefficient (Wildman–Crippen LogP) is 2.93. The fourth-order valence-electron chi connectivity index (χ4n) is 1.76. The second-order valence-electron chi connectivity index (χ2n) is 4.32. The van der Waals surface area contributed by atoms with Gasteiger partial charge in [0, 0.05) is 6.54 Å². The van der Waals surface area contributed by atoms with Crippen molar-refractivity contribution in [2.24, 2.45) is 0 Å². The van der Waals surface area contributed by atoms with Gasteiger partial charge in [-0.25, -0.2) is 13.1 Å². The lowest BCUT2D eigenvalue weighted by atomic mass is 10.2. The molecule has 0 saturated carbocycles. The van der Waals surface area contributed by atoms with Crippen LogP contribution in [0, 0.1) is 6.92 Å². The highest BCUT2D eigenvalue weighted by molar-refractivity contribution is 7.89. The molecule has 1 N–H and O–H groups in total. The molecular formula is C14H17NO3S2. The Morgan fingerprint density at radius 2 is 2.10 bits per heavy atom. The van der Waals surface area contributed by atoms with E-state index in [2.05, 4.69) is 4.72 Å². The molecule has 1 aromatic carbocycles. The molecule has 2 rings (SSSR count). The van der Waals surface area contributed by atoms with Gasteiger partial charge in [-0.3, -0.25) is 0 Å². The van der Waals surface area contributed by atoms with Gasteiger partial charge in [0.25, 0.3) is 0 Å². The van der Waals surface area contributed by atoms with Crippen molar-refractivity contribution in [3.8, 4) is 5.75 Å². The summed E-state index contributed by atoms with van der Waals surface area (Å²) in [6, 6.07) is 6.78. The van der Waals surface area contributed by atoms with E-state index >= 15 is 0 Å². The third kappa shape index (κ3) is 3.59. The summed E-state index contributed by atoms with van der Waals surface area (Å²) in [5, 5.41) is 3.84. The molecule has 108 valence electrons. The molecule has 0 saturated heterocycles. The maximum Gasteiger partial charge on any atom is 0.240 e. The van der Waals surface area contributed by atoms with Crippen molar-refractivity contribution in [2.45, 2.75) is 25.3 Å². The number of sulfonamides is 1. The van der Waals surface area contributed by atoms with Crippen molar-refractivity contribution < 1.29 is 13.2 Å². The molecule has 0 aliphatic rings. The summed E-state index contributed by atoms with van der Waals surface area (Å²) in [5.41, 5.74) is 1.77. The third-order valence-corrected chi connectivity index (χ3v) is 4.93. The van der Waals surface area contributed by atoms with Crippen molar-refractivity contribution in [2.75, 3.05) is 6.61 Å². The SMILES string of the molecule is CCOc1ccc(S(=O)(=O)NCc2ccsc2)cc1C. The van der Waals surface area contributed by atoms with Gasteiger partial charge in [0.05, 0.1) is 11.5 Å². The largest absolute Gasteiger partial charge is 0.494 e. The number of rotatable bonds is 6. The molecule has 2 aromatic rings. The van der Waals surface area contributed by atoms with Crippen molar-refractivity contribution in [1.29, 1.82) is 0 Å². The Kier molecular flexibility index (Phi) is 4.80. The van der Waals surface area contributed by atoms with Crippen LogP contribution < -0.4 is 9.46 Å². The van der Waals surface area contributed by atoms with Crippen LogP contribution in [0.5, 0.6) is 5.75 Å². The van der Waals surface area contributed by atoms with Crippen LogP contribution in [-0.2, 0) is 16.6 Å². The fraction of sp³-hybridized carbons (Fsp3) is 0.286. The minimum absolute atomic E-state index is 0.258. The molecule has 4 nitrogen and oxygen atoms in total. The van der Waals surface area contributed by atoms with Crippen LogP contribution in [0.1, 0.15) is 18.1 Å². The van der Waals surface area contributed by atoms with Crippen molar-refractivity contribution in [3.63, 3.8) is 0 Å². The third-order valence-electron chi connectivity index (χ3n) is 2.80. The molecule has 0 spiro atoms. The molecule has 1 aromatic heterocycles. The molecule has 0 atom stereocenters. The molecule has 0 fully saturated rings. The van der Waals surface area contributed by atoms with Gasteiger partial charge in [0.15, 0.2) is 0 Å². The number of hydrogen-bond donors (Lipinski definition) is 1. The molecular weight excluding hydrogens is 294 g/mol. The van der Waals surface area contributed by atoms with Crippen LogP contribution in [0.15, 0.2) is 39.9 Å². The second kappa shape index (κ2) is 6.39. The Morgan fingerprint density at radius 3 is 2.70 bits per heavy atom. The van der Waals surface area contributed by atoms with Crippen molar-refractivity contribution >= 4 is 21.4 Å². The van der Waals surface area contributed by atoms with E-state index in [4.69, 9.17) is 4.74 Å². The maximum atomic E-state index is 12.2. The molecule has 0 aliphatic carbocycles. The van der Waals surface area contributed by atoms with Gasteiger partial charge in [0.1, 0.15) is 5.75 Å². The summed E-state index contributed by atoms with van der Waals surface area (Å²) in [6.07, 6.45) is 0. The van der Waals surface area contributed by atoms with Crippen molar-refractivity contribution in [1.82, 2.24) is 4.72 Å². The van der Waals surface area contributed by atoms with Crippen LogP contribution >= 0.6 is 11.3 Å². The Labute approximate surface area is 123 Å². The van der Waals surface area contributed by atoms with Gasteiger partial charge in [-0.05, 0) is 60.0 Å². The van der Waals surface area contributed by atoms with Crippen LogP contribution in [0.4, 0.5) is 0 Å². The zero-order valence-corrected chi connectivity index (χ0v) is 13.1. The van der Waals surface area contributed by atoms with E-state index in [0.717, 1.165) is 11.1 Å². The predicted molar refractivity (Wildman–Crippen MR) is 80.7 cm³/mol. The molecule has 0 radical (unpaired) electrons. The topological polar surface area (TPSA) is 55.4 Å². The zero-order chi connectivity index (χ0) is 14.6. The summed E-state index contributed by atoms with van der Waals surface area (Å²) >= 11 is 1.54. The molecule has 0 aliphatic heterocycles. The Hall–Kier alpha value is -1.37. The highest BCUT2D eigenvalue weighted by Crippen LogP contribution is 2.22. The second-order valence-corrected chi connectivity index (χ2v) is 6.86. The minimum atomic E-state index is -3.49. The zero-order valence-electron chi connectivity index (χ0n) is 11.4. The number of nitrogens with one attached hydrogen (secondary N) is 1. The highest BCUT2D eigenvalue weighted by Gasteiger charge is 2.15. The van der Waals surface area contributed by atoms with E-state index in [1.807, 2.05) is 30.7 Å². The Balaban J connectivity index is 2.14. The van der Waals surface area contributed by atoms with E-state index in [0.29, 0.717) is 18.9 Å². The van der Waals surface area contributed by atoms with Gasteiger partial charge < -0.3 is 4.74 Å². The lowest BCUT2D eigenvalue weighted by molar-refractivity contribution is 0.337. The quantitative estimate of drug-likeness (QED) is 0.892. The van der Waals surface area contributed by atoms with Crippen LogP contribution in [0.25, 0.3) is 0 Å². The van der Waals surface area contributed by atoms with Gasteiger partial charge in [-0.2, -0.15) is 11.3 Å². The van der Waals surface area contributed by atoms with E-state index in [1.54, 1.807) is 29.5 Å².